The summed E-state index contributed by atoms with van der Waals surface area (Å²) in [6, 6.07) is 10.9. The van der Waals surface area contributed by atoms with Crippen LogP contribution in [-0.4, -0.2) is 11.9 Å². The van der Waals surface area contributed by atoms with E-state index in [1.165, 1.54) is 6.08 Å². The van der Waals surface area contributed by atoms with E-state index in [2.05, 4.69) is 36.9 Å². The van der Waals surface area contributed by atoms with E-state index >= 15 is 0 Å². The van der Waals surface area contributed by atoms with E-state index in [1.54, 1.807) is 12.1 Å². The van der Waals surface area contributed by atoms with Crippen LogP contribution in [0.1, 0.15) is 11.3 Å². The molecule has 0 fully saturated rings. The van der Waals surface area contributed by atoms with Crippen molar-refractivity contribution in [2.75, 3.05) is 0 Å². The number of carbonyl (C=O) groups excluding carboxylic acids is 1. The number of nitrogens with zero attached hydrogens (tertiary/aromatic N) is 1. The Kier molecular flexibility index (Phi) is 3.58. The van der Waals surface area contributed by atoms with Gasteiger partial charge in [-0.2, -0.15) is 0 Å². The molecule has 0 aliphatic carbocycles. The van der Waals surface area contributed by atoms with Crippen molar-refractivity contribution >= 4 is 49.8 Å². The first-order valence-corrected chi connectivity index (χ1v) is 7.25. The second-order valence-electron chi connectivity index (χ2n) is 3.96. The highest BCUT2D eigenvalue weighted by molar-refractivity contribution is 9.10. The largest absolute Gasteiger partial charge is 0.450 e. The molecule has 0 spiro atoms. The average Bonchev–Trinajstić information content (AvgIpc) is 2.98. The maximum absolute atomic E-state index is 11.8. The van der Waals surface area contributed by atoms with Crippen LogP contribution in [0.2, 0.25) is 0 Å². The number of esters is 1. The molecule has 0 saturated carbocycles. The fraction of sp³-hybridized carbons (Fsp3) is 0. The van der Waals surface area contributed by atoms with Gasteiger partial charge in [0.05, 0.1) is 5.56 Å². The molecule has 1 aromatic carbocycles. The van der Waals surface area contributed by atoms with Crippen molar-refractivity contribution in [3.63, 3.8) is 0 Å². The molecule has 0 atom stereocenters. The molecule has 20 heavy (non-hydrogen) atoms. The van der Waals surface area contributed by atoms with Crippen molar-refractivity contribution in [2.24, 2.45) is 4.99 Å². The van der Waals surface area contributed by atoms with Crippen molar-refractivity contribution in [1.29, 1.82) is 0 Å². The van der Waals surface area contributed by atoms with Gasteiger partial charge in [-0.25, -0.2) is 9.79 Å². The van der Waals surface area contributed by atoms with Crippen LogP contribution >= 0.6 is 31.9 Å². The molecular formula is C14H7Br2NO3. The van der Waals surface area contributed by atoms with Gasteiger partial charge < -0.3 is 9.15 Å². The predicted molar refractivity (Wildman–Crippen MR) is 81.2 cm³/mol. The molecule has 6 heteroatoms. The van der Waals surface area contributed by atoms with E-state index in [0.29, 0.717) is 10.4 Å². The Hall–Kier alpha value is -1.66. The summed E-state index contributed by atoms with van der Waals surface area (Å²) >= 11 is 6.60. The SMILES string of the molecule is O=C1OC(c2ccccc2Br)=N/C1=C\c1ccc(Br)o1. The van der Waals surface area contributed by atoms with Gasteiger partial charge in [0.25, 0.3) is 0 Å². The number of carbonyl (C=O) groups is 1. The topological polar surface area (TPSA) is 51.8 Å². The summed E-state index contributed by atoms with van der Waals surface area (Å²) in [5.41, 5.74) is 0.933. The van der Waals surface area contributed by atoms with E-state index in [4.69, 9.17) is 9.15 Å². The fourth-order valence-electron chi connectivity index (χ4n) is 1.70. The highest BCUT2D eigenvalue weighted by Gasteiger charge is 2.25. The molecule has 4 nitrogen and oxygen atoms in total. The number of ether oxygens (including phenoxy) is 1. The lowest BCUT2D eigenvalue weighted by Gasteiger charge is -2.01. The van der Waals surface area contributed by atoms with Crippen LogP contribution in [0.15, 0.2) is 60.6 Å². The van der Waals surface area contributed by atoms with Gasteiger partial charge in [0.15, 0.2) is 10.4 Å². The molecule has 100 valence electrons. The summed E-state index contributed by atoms with van der Waals surface area (Å²) in [6.45, 7) is 0. The maximum atomic E-state index is 11.8. The number of hydrogen-bond donors (Lipinski definition) is 0. The number of furan rings is 1. The second-order valence-corrected chi connectivity index (χ2v) is 5.59. The van der Waals surface area contributed by atoms with Crippen molar-refractivity contribution in [2.45, 2.75) is 0 Å². The number of benzene rings is 1. The molecule has 2 heterocycles. The minimum absolute atomic E-state index is 0.206. The average molecular weight is 397 g/mol. The highest BCUT2D eigenvalue weighted by atomic mass is 79.9. The van der Waals surface area contributed by atoms with Gasteiger partial charge in [-0.15, -0.1) is 0 Å². The van der Waals surface area contributed by atoms with Crippen LogP contribution in [0.25, 0.3) is 6.08 Å². The fourth-order valence-corrected chi connectivity index (χ4v) is 2.47. The van der Waals surface area contributed by atoms with E-state index in [0.717, 1.165) is 10.0 Å². The van der Waals surface area contributed by atoms with Crippen molar-refractivity contribution in [1.82, 2.24) is 0 Å². The Balaban J connectivity index is 1.97. The summed E-state index contributed by atoms with van der Waals surface area (Å²) in [5, 5.41) is 0. The van der Waals surface area contributed by atoms with Gasteiger partial charge in [-0.3, -0.25) is 0 Å². The Bertz CT molecular complexity index is 746. The molecule has 1 aromatic heterocycles. The summed E-state index contributed by atoms with van der Waals surface area (Å²) < 4.78 is 11.9. The lowest BCUT2D eigenvalue weighted by molar-refractivity contribution is -0.129. The summed E-state index contributed by atoms with van der Waals surface area (Å²) in [5.74, 6) is 0.309. The molecule has 0 saturated heterocycles. The summed E-state index contributed by atoms with van der Waals surface area (Å²) in [7, 11) is 0. The van der Waals surface area contributed by atoms with Crippen molar-refractivity contribution in [3.8, 4) is 0 Å². The van der Waals surface area contributed by atoms with Crippen LogP contribution in [-0.2, 0) is 9.53 Å². The van der Waals surface area contributed by atoms with Gasteiger partial charge in [-0.1, -0.05) is 12.1 Å². The zero-order valence-corrected chi connectivity index (χ0v) is 13.1. The Morgan fingerprint density at radius 2 is 1.90 bits per heavy atom. The van der Waals surface area contributed by atoms with Gasteiger partial charge in [0.2, 0.25) is 5.90 Å². The van der Waals surface area contributed by atoms with E-state index in [1.807, 2.05) is 24.3 Å². The van der Waals surface area contributed by atoms with E-state index < -0.39 is 5.97 Å². The van der Waals surface area contributed by atoms with Gasteiger partial charge in [0, 0.05) is 10.5 Å². The number of halogens is 2. The molecule has 0 unspecified atom stereocenters. The predicted octanol–water partition coefficient (Wildman–Crippen LogP) is 4.15. The molecule has 2 aromatic rings. The first-order valence-electron chi connectivity index (χ1n) is 5.66. The van der Waals surface area contributed by atoms with Crippen LogP contribution in [0.5, 0.6) is 0 Å². The standard InChI is InChI=1S/C14H7Br2NO3/c15-10-4-2-1-3-9(10)13-17-11(14(18)20-13)7-8-5-6-12(16)19-8/h1-7H/b11-7-. The number of hydrogen-bond acceptors (Lipinski definition) is 4. The van der Waals surface area contributed by atoms with Gasteiger partial charge in [-0.05, 0) is 56.1 Å². The van der Waals surface area contributed by atoms with Gasteiger partial charge in [0.1, 0.15) is 5.76 Å². The summed E-state index contributed by atoms with van der Waals surface area (Å²) in [6.07, 6.45) is 1.54. The Labute approximate surface area is 131 Å². The molecule has 0 N–H and O–H groups in total. The molecule has 0 radical (unpaired) electrons. The third kappa shape index (κ3) is 2.62. The third-order valence-corrected chi connectivity index (χ3v) is 3.72. The number of rotatable bonds is 2. The molecular weight excluding hydrogens is 390 g/mol. The Morgan fingerprint density at radius 3 is 2.60 bits per heavy atom. The summed E-state index contributed by atoms with van der Waals surface area (Å²) in [4.78, 5) is 16.0. The molecule has 3 rings (SSSR count). The zero-order valence-electron chi connectivity index (χ0n) is 9.97. The highest BCUT2D eigenvalue weighted by Crippen LogP contribution is 2.24. The van der Waals surface area contributed by atoms with Crippen LogP contribution in [0.4, 0.5) is 0 Å². The third-order valence-electron chi connectivity index (χ3n) is 2.60. The van der Waals surface area contributed by atoms with Crippen molar-refractivity contribution in [3.05, 3.63) is 62.6 Å². The van der Waals surface area contributed by atoms with E-state index in [-0.39, 0.29) is 11.6 Å². The first kappa shape index (κ1) is 13.3. The first-order chi connectivity index (χ1) is 9.63. The lowest BCUT2D eigenvalue weighted by atomic mass is 10.2. The van der Waals surface area contributed by atoms with Crippen LogP contribution in [0.3, 0.4) is 0 Å². The quantitative estimate of drug-likeness (QED) is 0.566. The molecule has 0 amide bonds. The Morgan fingerprint density at radius 1 is 1.10 bits per heavy atom. The molecule has 1 aliphatic rings. The minimum atomic E-state index is -0.497. The second kappa shape index (κ2) is 5.38. The normalized spacial score (nSPS) is 16.4. The van der Waals surface area contributed by atoms with Crippen LogP contribution < -0.4 is 0 Å². The maximum Gasteiger partial charge on any atom is 0.363 e. The smallest absolute Gasteiger partial charge is 0.363 e. The molecule has 1 aliphatic heterocycles. The van der Waals surface area contributed by atoms with Crippen LogP contribution in [0, 0.1) is 0 Å². The lowest BCUT2D eigenvalue weighted by Crippen LogP contribution is -2.05. The minimum Gasteiger partial charge on any atom is -0.450 e. The van der Waals surface area contributed by atoms with Gasteiger partial charge >= 0.3 is 5.97 Å². The van der Waals surface area contributed by atoms with Crippen molar-refractivity contribution < 1.29 is 13.9 Å². The zero-order chi connectivity index (χ0) is 14.1. The number of cyclic esters (lactones) is 1. The monoisotopic (exact) mass is 395 g/mol. The van der Waals surface area contributed by atoms with E-state index in [9.17, 15) is 4.79 Å². The molecule has 0 bridgehead atoms. The number of aliphatic imine (C=N–C) groups is 1.